The number of nitrogens with two attached hydrogens (primary N) is 1. The van der Waals surface area contributed by atoms with Gasteiger partial charge in [-0.15, -0.1) is 0 Å². The Hall–Kier alpha value is -1.62. The molecule has 0 spiro atoms. The fourth-order valence-electron chi connectivity index (χ4n) is 2.14. The molecule has 1 atom stereocenters. The number of anilines is 1. The summed E-state index contributed by atoms with van der Waals surface area (Å²) in [6.07, 6.45) is 1.73. The van der Waals surface area contributed by atoms with Crippen molar-refractivity contribution in [1.82, 2.24) is 4.90 Å². The second-order valence-electron chi connectivity index (χ2n) is 4.55. The van der Waals surface area contributed by atoms with Crippen LogP contribution in [0.5, 0.6) is 0 Å². The summed E-state index contributed by atoms with van der Waals surface area (Å²) in [7, 11) is 0. The zero-order chi connectivity index (χ0) is 13.1. The van der Waals surface area contributed by atoms with Crippen molar-refractivity contribution < 1.29 is 4.79 Å². The number of aryl methyl sites for hydroxylation is 1. The maximum atomic E-state index is 11.3. The fourth-order valence-corrected chi connectivity index (χ4v) is 2.47. The highest BCUT2D eigenvalue weighted by Crippen LogP contribution is 2.19. The first-order chi connectivity index (χ1) is 8.58. The molecular weight excluding hydrogens is 246 g/mol. The number of benzene rings is 1. The molecule has 1 saturated heterocycles. The smallest absolute Gasteiger partial charge is 0.240 e. The van der Waals surface area contributed by atoms with Crippen molar-refractivity contribution >= 4 is 28.9 Å². The summed E-state index contributed by atoms with van der Waals surface area (Å²) in [5, 5.41) is 3.72. The molecule has 0 bridgehead atoms. The number of nitrogens with zero attached hydrogens (tertiary/aromatic N) is 1. The Kier molecular flexibility index (Phi) is 3.81. The summed E-state index contributed by atoms with van der Waals surface area (Å²) in [6, 6.07) is 7.70. The molecule has 1 heterocycles. The second kappa shape index (κ2) is 5.35. The first-order valence-electron chi connectivity index (χ1n) is 6.01. The monoisotopic (exact) mass is 263 g/mol. The molecule has 1 amide bonds. The number of thiocarbonyl (C=S) groups is 1. The Morgan fingerprint density at radius 3 is 2.72 bits per heavy atom. The van der Waals surface area contributed by atoms with Gasteiger partial charge in [0.2, 0.25) is 5.91 Å². The van der Waals surface area contributed by atoms with E-state index in [4.69, 9.17) is 18.0 Å². The summed E-state index contributed by atoms with van der Waals surface area (Å²) in [5.41, 5.74) is 7.50. The van der Waals surface area contributed by atoms with E-state index >= 15 is 0 Å². The van der Waals surface area contributed by atoms with Gasteiger partial charge < -0.3 is 16.0 Å². The Bertz CT molecular complexity index is 458. The molecule has 2 rings (SSSR count). The molecule has 1 aliphatic rings. The molecule has 1 fully saturated rings. The molecule has 1 aromatic carbocycles. The molecule has 3 N–H and O–H groups in total. The van der Waals surface area contributed by atoms with E-state index in [1.165, 1.54) is 5.56 Å². The molecule has 0 aromatic heterocycles. The van der Waals surface area contributed by atoms with Gasteiger partial charge in [0.25, 0.3) is 0 Å². The summed E-state index contributed by atoms with van der Waals surface area (Å²) >= 11 is 5.33. The highest BCUT2D eigenvalue weighted by molar-refractivity contribution is 7.80. The Morgan fingerprint density at radius 2 is 2.11 bits per heavy atom. The van der Waals surface area contributed by atoms with Crippen molar-refractivity contribution in [2.75, 3.05) is 11.9 Å². The van der Waals surface area contributed by atoms with Crippen LogP contribution < -0.4 is 11.1 Å². The minimum Gasteiger partial charge on any atom is -0.368 e. The van der Waals surface area contributed by atoms with E-state index in [-0.39, 0.29) is 11.9 Å². The zero-order valence-corrected chi connectivity index (χ0v) is 11.2. The van der Waals surface area contributed by atoms with Gasteiger partial charge in [-0.1, -0.05) is 17.7 Å². The molecule has 0 radical (unpaired) electrons. The molecular formula is C13H17N3OS. The lowest BCUT2D eigenvalue weighted by Gasteiger charge is -2.25. The van der Waals surface area contributed by atoms with Gasteiger partial charge in [0, 0.05) is 12.2 Å². The molecule has 5 heteroatoms. The third kappa shape index (κ3) is 2.79. The lowest BCUT2D eigenvalue weighted by Crippen LogP contribution is -2.45. The van der Waals surface area contributed by atoms with E-state index < -0.39 is 0 Å². The quantitative estimate of drug-likeness (QED) is 0.796. The van der Waals surface area contributed by atoms with E-state index in [0.717, 1.165) is 25.1 Å². The number of hydrogen-bond donors (Lipinski definition) is 2. The van der Waals surface area contributed by atoms with E-state index in [1.54, 1.807) is 0 Å². The molecule has 0 unspecified atom stereocenters. The standard InChI is InChI=1S/C13H17N3OS/c1-9-4-6-10(7-5-9)15-13(18)16-8-2-3-11(16)12(14)17/h4-7,11H,2-3,8H2,1H3,(H2,14,17)(H,15,18)/t11-/m0/s1. The third-order valence-corrected chi connectivity index (χ3v) is 3.48. The van der Waals surface area contributed by atoms with Crippen molar-refractivity contribution in [1.29, 1.82) is 0 Å². The number of nitrogens with one attached hydrogen (secondary N) is 1. The predicted octanol–water partition coefficient (Wildman–Crippen LogP) is 1.64. The van der Waals surface area contributed by atoms with Crippen LogP contribution >= 0.6 is 12.2 Å². The summed E-state index contributed by atoms with van der Waals surface area (Å²) < 4.78 is 0. The second-order valence-corrected chi connectivity index (χ2v) is 4.94. The summed E-state index contributed by atoms with van der Waals surface area (Å²) in [6.45, 7) is 2.82. The van der Waals surface area contributed by atoms with Gasteiger partial charge in [-0.3, -0.25) is 4.79 Å². The van der Waals surface area contributed by atoms with E-state index in [2.05, 4.69) is 5.32 Å². The van der Waals surface area contributed by atoms with Gasteiger partial charge in [-0.2, -0.15) is 0 Å². The highest BCUT2D eigenvalue weighted by Gasteiger charge is 2.30. The minimum atomic E-state index is -0.305. The number of hydrogen-bond acceptors (Lipinski definition) is 2. The highest BCUT2D eigenvalue weighted by atomic mass is 32.1. The van der Waals surface area contributed by atoms with Crippen LogP contribution in [0.2, 0.25) is 0 Å². The third-order valence-electron chi connectivity index (χ3n) is 3.14. The van der Waals surface area contributed by atoms with Crippen LogP contribution in [-0.2, 0) is 4.79 Å². The zero-order valence-electron chi connectivity index (χ0n) is 10.3. The summed E-state index contributed by atoms with van der Waals surface area (Å²) in [5.74, 6) is -0.305. The van der Waals surface area contributed by atoms with Gasteiger partial charge in [-0.25, -0.2) is 0 Å². The molecule has 18 heavy (non-hydrogen) atoms. The van der Waals surface area contributed by atoms with Crippen LogP contribution in [0.15, 0.2) is 24.3 Å². The topological polar surface area (TPSA) is 58.4 Å². The van der Waals surface area contributed by atoms with E-state index in [1.807, 2.05) is 36.1 Å². The number of likely N-dealkylation sites (tertiary alicyclic amines) is 1. The average molecular weight is 263 g/mol. The van der Waals surface area contributed by atoms with Crippen LogP contribution in [0.3, 0.4) is 0 Å². The molecule has 1 aromatic rings. The molecule has 96 valence electrons. The van der Waals surface area contributed by atoms with Crippen molar-refractivity contribution in [3.8, 4) is 0 Å². The van der Waals surface area contributed by atoms with Gasteiger partial charge in [0.05, 0.1) is 0 Å². The lowest BCUT2D eigenvalue weighted by molar-refractivity contribution is -0.121. The van der Waals surface area contributed by atoms with Crippen LogP contribution in [-0.4, -0.2) is 28.5 Å². The number of carbonyl (C=O) groups is 1. The van der Waals surface area contributed by atoms with Gasteiger partial charge >= 0.3 is 0 Å². The SMILES string of the molecule is Cc1ccc(NC(=S)N2CCC[C@H]2C(N)=O)cc1. The van der Waals surface area contributed by atoms with Crippen LogP contribution in [0.25, 0.3) is 0 Å². The lowest BCUT2D eigenvalue weighted by atomic mass is 10.2. The molecule has 4 nitrogen and oxygen atoms in total. The Labute approximate surface area is 112 Å². The number of rotatable bonds is 2. The van der Waals surface area contributed by atoms with Crippen LogP contribution in [0.4, 0.5) is 5.69 Å². The largest absolute Gasteiger partial charge is 0.368 e. The molecule has 0 saturated carbocycles. The first-order valence-corrected chi connectivity index (χ1v) is 6.42. The normalized spacial score (nSPS) is 18.7. The predicted molar refractivity (Wildman–Crippen MR) is 76.3 cm³/mol. The van der Waals surface area contributed by atoms with Crippen molar-refractivity contribution in [2.24, 2.45) is 5.73 Å². The molecule has 0 aliphatic carbocycles. The number of primary amides is 1. The summed E-state index contributed by atoms with van der Waals surface area (Å²) in [4.78, 5) is 13.2. The fraction of sp³-hybridized carbons (Fsp3) is 0.385. The maximum absolute atomic E-state index is 11.3. The maximum Gasteiger partial charge on any atom is 0.240 e. The minimum absolute atomic E-state index is 0.268. The Morgan fingerprint density at radius 1 is 1.44 bits per heavy atom. The van der Waals surface area contributed by atoms with Crippen LogP contribution in [0, 0.1) is 6.92 Å². The van der Waals surface area contributed by atoms with E-state index in [0.29, 0.717) is 5.11 Å². The van der Waals surface area contributed by atoms with Gasteiger partial charge in [0.15, 0.2) is 5.11 Å². The van der Waals surface area contributed by atoms with Crippen molar-refractivity contribution in [3.05, 3.63) is 29.8 Å². The Balaban J connectivity index is 2.03. The first kappa shape index (κ1) is 12.8. The number of carbonyl (C=O) groups excluding carboxylic acids is 1. The number of amides is 1. The average Bonchev–Trinajstić information content (AvgIpc) is 2.81. The van der Waals surface area contributed by atoms with Crippen molar-refractivity contribution in [2.45, 2.75) is 25.8 Å². The van der Waals surface area contributed by atoms with Crippen LogP contribution in [0.1, 0.15) is 18.4 Å². The van der Waals surface area contributed by atoms with E-state index in [9.17, 15) is 4.79 Å². The van der Waals surface area contributed by atoms with Crippen molar-refractivity contribution in [3.63, 3.8) is 0 Å². The molecule has 1 aliphatic heterocycles. The van der Waals surface area contributed by atoms with Gasteiger partial charge in [0.1, 0.15) is 6.04 Å². The van der Waals surface area contributed by atoms with Gasteiger partial charge in [-0.05, 0) is 44.1 Å².